The van der Waals surface area contributed by atoms with Gasteiger partial charge in [-0.05, 0) is 36.6 Å². The molecule has 0 unspecified atom stereocenters. The number of fused-ring (bicyclic) bond motifs is 1. The summed E-state index contributed by atoms with van der Waals surface area (Å²) >= 11 is 0. The van der Waals surface area contributed by atoms with Crippen LogP contribution in [0.3, 0.4) is 0 Å². The zero-order chi connectivity index (χ0) is 9.97. The first-order chi connectivity index (χ1) is 6.81. The van der Waals surface area contributed by atoms with E-state index in [0.29, 0.717) is 0 Å². The molecule has 1 aromatic carbocycles. The third-order valence-corrected chi connectivity index (χ3v) is 2.55. The van der Waals surface area contributed by atoms with E-state index >= 15 is 0 Å². The number of amides is 1. The van der Waals surface area contributed by atoms with Gasteiger partial charge in [0.05, 0.1) is 0 Å². The van der Waals surface area contributed by atoms with Crippen molar-refractivity contribution in [2.24, 2.45) is 0 Å². The molecule has 1 aliphatic rings. The smallest absolute Gasteiger partial charge is 0.251 e. The van der Waals surface area contributed by atoms with Gasteiger partial charge in [-0.1, -0.05) is 0 Å². The lowest BCUT2D eigenvalue weighted by atomic mass is 10.0. The Morgan fingerprint density at radius 1 is 1.43 bits per heavy atom. The van der Waals surface area contributed by atoms with Gasteiger partial charge in [0.1, 0.15) is 0 Å². The predicted molar refractivity (Wildman–Crippen MR) is 56.6 cm³/mol. The summed E-state index contributed by atoms with van der Waals surface area (Å²) in [6.45, 7) is 0.780. The van der Waals surface area contributed by atoms with Crippen molar-refractivity contribution in [2.75, 3.05) is 18.9 Å². The van der Waals surface area contributed by atoms with Crippen molar-refractivity contribution in [1.82, 2.24) is 5.32 Å². The average Bonchev–Trinajstić information content (AvgIpc) is 2.40. The molecule has 1 aliphatic heterocycles. The minimum absolute atomic E-state index is 0.0557. The van der Waals surface area contributed by atoms with Crippen molar-refractivity contribution in [3.63, 3.8) is 0 Å². The SMILES string of the molecule is CNc1ccc2c(c1)CCCNC2=O. The molecule has 2 N–H and O–H groups in total. The zero-order valence-corrected chi connectivity index (χ0v) is 8.26. The van der Waals surface area contributed by atoms with Gasteiger partial charge in [0.25, 0.3) is 5.91 Å². The van der Waals surface area contributed by atoms with Gasteiger partial charge >= 0.3 is 0 Å². The fourth-order valence-corrected chi connectivity index (χ4v) is 1.75. The van der Waals surface area contributed by atoms with Gasteiger partial charge in [0.2, 0.25) is 0 Å². The first kappa shape index (κ1) is 9.06. The highest BCUT2D eigenvalue weighted by Gasteiger charge is 2.14. The summed E-state index contributed by atoms with van der Waals surface area (Å²) in [5.41, 5.74) is 3.03. The standard InChI is InChI=1S/C11H14N2O/c1-12-9-4-5-10-8(7-9)3-2-6-13-11(10)14/h4-5,7,12H,2-3,6H2,1H3,(H,13,14). The van der Waals surface area contributed by atoms with E-state index in [1.807, 2.05) is 19.2 Å². The fourth-order valence-electron chi connectivity index (χ4n) is 1.75. The summed E-state index contributed by atoms with van der Waals surface area (Å²) in [6, 6.07) is 5.88. The van der Waals surface area contributed by atoms with E-state index in [0.717, 1.165) is 36.2 Å². The number of rotatable bonds is 1. The van der Waals surface area contributed by atoms with E-state index < -0.39 is 0 Å². The molecule has 0 atom stereocenters. The van der Waals surface area contributed by atoms with Crippen molar-refractivity contribution >= 4 is 11.6 Å². The molecule has 2 rings (SSSR count). The van der Waals surface area contributed by atoms with E-state index in [1.165, 1.54) is 0 Å². The van der Waals surface area contributed by atoms with Crippen LogP contribution in [0, 0.1) is 0 Å². The van der Waals surface area contributed by atoms with Gasteiger partial charge in [-0.25, -0.2) is 0 Å². The lowest BCUT2D eigenvalue weighted by Gasteiger charge is -2.06. The Labute approximate surface area is 83.5 Å². The Kier molecular flexibility index (Phi) is 2.39. The van der Waals surface area contributed by atoms with Crippen LogP contribution in [0.25, 0.3) is 0 Å². The average molecular weight is 190 g/mol. The highest BCUT2D eigenvalue weighted by atomic mass is 16.1. The first-order valence-corrected chi connectivity index (χ1v) is 4.90. The minimum Gasteiger partial charge on any atom is -0.388 e. The Bertz CT molecular complexity index is 360. The maximum absolute atomic E-state index is 11.6. The molecule has 3 heteroatoms. The fraction of sp³-hybridized carbons (Fsp3) is 0.364. The van der Waals surface area contributed by atoms with Crippen LogP contribution < -0.4 is 10.6 Å². The van der Waals surface area contributed by atoms with Crippen molar-refractivity contribution in [3.8, 4) is 0 Å². The molecular formula is C11H14N2O. The van der Waals surface area contributed by atoms with E-state index in [4.69, 9.17) is 0 Å². The van der Waals surface area contributed by atoms with Crippen LogP contribution in [0.5, 0.6) is 0 Å². The maximum atomic E-state index is 11.6. The topological polar surface area (TPSA) is 41.1 Å². The largest absolute Gasteiger partial charge is 0.388 e. The summed E-state index contributed by atoms with van der Waals surface area (Å²) in [7, 11) is 1.89. The van der Waals surface area contributed by atoms with Gasteiger partial charge in [0, 0.05) is 24.8 Å². The third kappa shape index (κ3) is 1.58. The third-order valence-electron chi connectivity index (χ3n) is 2.55. The van der Waals surface area contributed by atoms with Gasteiger partial charge < -0.3 is 10.6 Å². The number of anilines is 1. The molecule has 0 aliphatic carbocycles. The second-order valence-electron chi connectivity index (χ2n) is 3.48. The number of hydrogen-bond acceptors (Lipinski definition) is 2. The van der Waals surface area contributed by atoms with Crippen LogP contribution in [0.4, 0.5) is 5.69 Å². The summed E-state index contributed by atoms with van der Waals surface area (Å²) in [5, 5.41) is 5.96. The van der Waals surface area contributed by atoms with Crippen molar-refractivity contribution < 1.29 is 4.79 Å². The second-order valence-corrected chi connectivity index (χ2v) is 3.48. The summed E-state index contributed by atoms with van der Waals surface area (Å²) in [6.07, 6.45) is 2.00. The summed E-state index contributed by atoms with van der Waals surface area (Å²) in [5.74, 6) is 0.0557. The molecule has 1 heterocycles. The maximum Gasteiger partial charge on any atom is 0.251 e. The molecule has 1 aromatic rings. The van der Waals surface area contributed by atoms with Crippen LogP contribution in [0.15, 0.2) is 18.2 Å². The van der Waals surface area contributed by atoms with Crippen molar-refractivity contribution in [1.29, 1.82) is 0 Å². The Balaban J connectivity index is 2.43. The van der Waals surface area contributed by atoms with Crippen molar-refractivity contribution in [3.05, 3.63) is 29.3 Å². The number of benzene rings is 1. The molecule has 0 bridgehead atoms. The van der Waals surface area contributed by atoms with E-state index in [-0.39, 0.29) is 5.91 Å². The number of hydrogen-bond donors (Lipinski definition) is 2. The van der Waals surface area contributed by atoms with Crippen LogP contribution in [0.2, 0.25) is 0 Å². The second kappa shape index (κ2) is 3.70. The van der Waals surface area contributed by atoms with E-state index in [2.05, 4.69) is 16.7 Å². The normalized spacial score (nSPS) is 15.4. The molecule has 0 saturated carbocycles. The minimum atomic E-state index is 0.0557. The van der Waals surface area contributed by atoms with Gasteiger partial charge in [-0.3, -0.25) is 4.79 Å². The lowest BCUT2D eigenvalue weighted by molar-refractivity contribution is 0.0956. The molecule has 0 fully saturated rings. The van der Waals surface area contributed by atoms with Gasteiger partial charge in [0.15, 0.2) is 0 Å². The molecule has 0 aromatic heterocycles. The predicted octanol–water partition coefficient (Wildman–Crippen LogP) is 1.40. The molecule has 74 valence electrons. The summed E-state index contributed by atoms with van der Waals surface area (Å²) in [4.78, 5) is 11.6. The Morgan fingerprint density at radius 2 is 2.29 bits per heavy atom. The molecular weight excluding hydrogens is 176 g/mol. The highest BCUT2D eigenvalue weighted by Crippen LogP contribution is 2.18. The van der Waals surface area contributed by atoms with Crippen LogP contribution in [-0.2, 0) is 6.42 Å². The van der Waals surface area contributed by atoms with Crippen LogP contribution >= 0.6 is 0 Å². The molecule has 3 nitrogen and oxygen atoms in total. The highest BCUT2D eigenvalue weighted by molar-refractivity contribution is 5.96. The quantitative estimate of drug-likeness (QED) is 0.703. The Hall–Kier alpha value is -1.51. The number of carbonyl (C=O) groups excluding carboxylic acids is 1. The van der Waals surface area contributed by atoms with E-state index in [9.17, 15) is 4.79 Å². The molecule has 0 spiro atoms. The zero-order valence-electron chi connectivity index (χ0n) is 8.26. The van der Waals surface area contributed by atoms with Gasteiger partial charge in [-0.15, -0.1) is 0 Å². The number of carbonyl (C=O) groups is 1. The van der Waals surface area contributed by atoms with Crippen LogP contribution in [-0.4, -0.2) is 19.5 Å². The number of nitrogens with one attached hydrogen (secondary N) is 2. The molecule has 0 radical (unpaired) electrons. The van der Waals surface area contributed by atoms with E-state index in [1.54, 1.807) is 0 Å². The Morgan fingerprint density at radius 3 is 3.07 bits per heavy atom. The number of aryl methyl sites for hydroxylation is 1. The monoisotopic (exact) mass is 190 g/mol. The van der Waals surface area contributed by atoms with Gasteiger partial charge in [-0.2, -0.15) is 0 Å². The lowest BCUT2D eigenvalue weighted by Crippen LogP contribution is -2.22. The van der Waals surface area contributed by atoms with Crippen molar-refractivity contribution in [2.45, 2.75) is 12.8 Å². The molecule has 14 heavy (non-hydrogen) atoms. The van der Waals surface area contributed by atoms with Crippen LogP contribution in [0.1, 0.15) is 22.3 Å². The first-order valence-electron chi connectivity index (χ1n) is 4.90. The molecule has 1 amide bonds. The summed E-state index contributed by atoms with van der Waals surface area (Å²) < 4.78 is 0. The molecule has 0 saturated heterocycles.